The highest BCUT2D eigenvalue weighted by Crippen LogP contribution is 2.25. The van der Waals surface area contributed by atoms with E-state index in [9.17, 15) is 14.4 Å². The van der Waals surface area contributed by atoms with E-state index in [0.29, 0.717) is 12.8 Å². The molecule has 0 spiro atoms. The molecule has 0 aliphatic rings. The summed E-state index contributed by atoms with van der Waals surface area (Å²) in [6.07, 6.45) is 0.256. The van der Waals surface area contributed by atoms with Crippen molar-refractivity contribution in [3.63, 3.8) is 0 Å². The molecule has 0 saturated heterocycles. The molecule has 0 atom stereocenters. The van der Waals surface area contributed by atoms with Crippen LogP contribution in [0, 0.1) is 5.41 Å². The zero-order chi connectivity index (χ0) is 18.5. The number of ether oxygens (including phenoxy) is 2. The second kappa shape index (κ2) is 7.79. The minimum absolute atomic E-state index is 0.116. The van der Waals surface area contributed by atoms with Gasteiger partial charge in [0.25, 0.3) is 0 Å². The van der Waals surface area contributed by atoms with Crippen LogP contribution in [-0.4, -0.2) is 41.1 Å². The molecule has 23 heavy (non-hydrogen) atoms. The zero-order valence-corrected chi connectivity index (χ0v) is 15.7. The maximum absolute atomic E-state index is 12.4. The summed E-state index contributed by atoms with van der Waals surface area (Å²) in [6.45, 7) is 14.3. The topological polar surface area (TPSA) is 72.9 Å². The first kappa shape index (κ1) is 21.4. The normalized spacial score (nSPS) is 12.5. The molecule has 2 amide bonds. The summed E-state index contributed by atoms with van der Waals surface area (Å²) in [5.41, 5.74) is -1.86. The van der Waals surface area contributed by atoms with E-state index in [0.717, 1.165) is 11.2 Å². The smallest absolute Gasteiger partial charge is 0.419 e. The summed E-state index contributed by atoms with van der Waals surface area (Å²) in [5.74, 6) is 0. The molecule has 0 rings (SSSR count). The summed E-state index contributed by atoms with van der Waals surface area (Å²) < 4.78 is 10.6. The van der Waals surface area contributed by atoms with Gasteiger partial charge in [0, 0.05) is 13.0 Å². The molecule has 0 aliphatic heterocycles. The van der Waals surface area contributed by atoms with E-state index in [2.05, 4.69) is 0 Å². The maximum atomic E-state index is 12.4. The summed E-state index contributed by atoms with van der Waals surface area (Å²) in [6, 6.07) is 0. The highest BCUT2D eigenvalue weighted by Gasteiger charge is 2.35. The van der Waals surface area contributed by atoms with Crippen LogP contribution in [0.4, 0.5) is 9.59 Å². The summed E-state index contributed by atoms with van der Waals surface area (Å²) in [4.78, 5) is 36.3. The summed E-state index contributed by atoms with van der Waals surface area (Å²) in [7, 11) is 0. The van der Waals surface area contributed by atoms with E-state index in [-0.39, 0.29) is 6.54 Å². The van der Waals surface area contributed by atoms with Crippen LogP contribution in [0.1, 0.15) is 68.2 Å². The molecule has 0 aromatic heterocycles. The van der Waals surface area contributed by atoms with Gasteiger partial charge in [-0.2, -0.15) is 0 Å². The Hall–Kier alpha value is -1.59. The predicted molar refractivity (Wildman–Crippen MR) is 88.3 cm³/mol. The molecule has 0 bridgehead atoms. The first-order valence-corrected chi connectivity index (χ1v) is 7.84. The molecular formula is C17H31NO5. The Kier molecular flexibility index (Phi) is 7.26. The Bertz CT molecular complexity index is 401. The molecule has 6 nitrogen and oxygen atoms in total. The number of amides is 2. The van der Waals surface area contributed by atoms with Crippen LogP contribution in [0.5, 0.6) is 0 Å². The fourth-order valence-electron chi connectivity index (χ4n) is 1.79. The zero-order valence-electron chi connectivity index (χ0n) is 15.7. The lowest BCUT2D eigenvalue weighted by Gasteiger charge is -2.33. The summed E-state index contributed by atoms with van der Waals surface area (Å²) in [5, 5.41) is 0. The average Bonchev–Trinajstić information content (AvgIpc) is 2.29. The minimum Gasteiger partial charge on any atom is -0.443 e. The number of rotatable bonds is 5. The lowest BCUT2D eigenvalue weighted by molar-refractivity contribution is -0.108. The summed E-state index contributed by atoms with van der Waals surface area (Å²) >= 11 is 0. The van der Waals surface area contributed by atoms with Gasteiger partial charge >= 0.3 is 12.2 Å². The van der Waals surface area contributed by atoms with Gasteiger partial charge in [0.1, 0.15) is 17.5 Å². The van der Waals surface area contributed by atoms with Crippen LogP contribution in [0.3, 0.4) is 0 Å². The van der Waals surface area contributed by atoms with E-state index >= 15 is 0 Å². The van der Waals surface area contributed by atoms with Crippen molar-refractivity contribution in [2.24, 2.45) is 5.41 Å². The molecule has 0 aromatic rings. The third-order valence-corrected chi connectivity index (χ3v) is 2.75. The van der Waals surface area contributed by atoms with Crippen molar-refractivity contribution in [2.45, 2.75) is 79.4 Å². The second-order valence-electron chi connectivity index (χ2n) is 8.42. The van der Waals surface area contributed by atoms with Gasteiger partial charge in [-0.15, -0.1) is 0 Å². The Balaban J connectivity index is 5.25. The molecule has 0 aromatic carbocycles. The second-order valence-corrected chi connectivity index (χ2v) is 8.42. The van der Waals surface area contributed by atoms with Crippen molar-refractivity contribution >= 4 is 18.5 Å². The van der Waals surface area contributed by atoms with E-state index in [1.165, 1.54) is 0 Å². The number of carbonyl (C=O) groups excluding carboxylic acids is 3. The molecule has 0 heterocycles. The van der Waals surface area contributed by atoms with E-state index in [1.807, 2.05) is 13.8 Å². The first-order chi connectivity index (χ1) is 10.2. The van der Waals surface area contributed by atoms with Crippen LogP contribution < -0.4 is 0 Å². The van der Waals surface area contributed by atoms with Gasteiger partial charge in [0.15, 0.2) is 0 Å². The van der Waals surface area contributed by atoms with Gasteiger partial charge in [0.2, 0.25) is 0 Å². The van der Waals surface area contributed by atoms with Crippen LogP contribution >= 0.6 is 0 Å². The molecule has 0 unspecified atom stereocenters. The first-order valence-electron chi connectivity index (χ1n) is 7.84. The molecule has 0 radical (unpaired) electrons. The van der Waals surface area contributed by atoms with Crippen molar-refractivity contribution < 1.29 is 23.9 Å². The van der Waals surface area contributed by atoms with Gasteiger partial charge in [-0.25, -0.2) is 14.5 Å². The number of nitrogens with zero attached hydrogens (tertiary/aromatic N) is 1. The van der Waals surface area contributed by atoms with Gasteiger partial charge in [-0.3, -0.25) is 0 Å². The van der Waals surface area contributed by atoms with E-state index < -0.39 is 28.8 Å². The molecule has 0 fully saturated rings. The number of hydrogen-bond donors (Lipinski definition) is 0. The van der Waals surface area contributed by atoms with Crippen molar-refractivity contribution in [3.8, 4) is 0 Å². The third kappa shape index (κ3) is 9.92. The Labute approximate surface area is 139 Å². The van der Waals surface area contributed by atoms with Gasteiger partial charge < -0.3 is 14.3 Å². The highest BCUT2D eigenvalue weighted by atomic mass is 16.6. The quantitative estimate of drug-likeness (QED) is 0.708. The number of hydrogen-bond acceptors (Lipinski definition) is 5. The highest BCUT2D eigenvalue weighted by molar-refractivity contribution is 5.88. The molecule has 0 aliphatic carbocycles. The van der Waals surface area contributed by atoms with Gasteiger partial charge in [-0.05, 0) is 53.4 Å². The van der Waals surface area contributed by atoms with Crippen molar-refractivity contribution in [1.29, 1.82) is 0 Å². The fraction of sp³-hybridized carbons (Fsp3) is 0.824. The van der Waals surface area contributed by atoms with Crippen LogP contribution in [0.15, 0.2) is 0 Å². The molecule has 0 N–H and O–H groups in total. The Morgan fingerprint density at radius 1 is 0.870 bits per heavy atom. The minimum atomic E-state index is -0.745. The predicted octanol–water partition coefficient (Wildman–Crippen LogP) is 4.16. The molecular weight excluding hydrogens is 298 g/mol. The Morgan fingerprint density at radius 2 is 1.26 bits per heavy atom. The Morgan fingerprint density at radius 3 is 1.57 bits per heavy atom. The number of imide groups is 1. The molecule has 6 heteroatoms. The van der Waals surface area contributed by atoms with Crippen LogP contribution in [-0.2, 0) is 14.3 Å². The average molecular weight is 329 g/mol. The molecule has 0 saturated carbocycles. The van der Waals surface area contributed by atoms with E-state index in [4.69, 9.17) is 9.47 Å². The lowest BCUT2D eigenvalue weighted by atomic mass is 9.87. The molecule has 134 valence electrons. The lowest BCUT2D eigenvalue weighted by Crippen LogP contribution is -2.47. The van der Waals surface area contributed by atoms with Crippen LogP contribution in [0.2, 0.25) is 0 Å². The number of aldehydes is 1. The maximum Gasteiger partial charge on any atom is 0.419 e. The van der Waals surface area contributed by atoms with Crippen molar-refractivity contribution in [3.05, 3.63) is 0 Å². The van der Waals surface area contributed by atoms with Gasteiger partial charge in [0.05, 0.1) is 0 Å². The fourth-order valence-corrected chi connectivity index (χ4v) is 1.79. The van der Waals surface area contributed by atoms with E-state index in [1.54, 1.807) is 41.5 Å². The number of carbonyl (C=O) groups is 3. The van der Waals surface area contributed by atoms with Crippen molar-refractivity contribution in [2.75, 3.05) is 6.54 Å². The van der Waals surface area contributed by atoms with Crippen molar-refractivity contribution in [1.82, 2.24) is 4.90 Å². The van der Waals surface area contributed by atoms with Gasteiger partial charge in [-0.1, -0.05) is 13.8 Å². The SMILES string of the molecule is CC(C)(CCC=O)CN(C(=O)OC(C)(C)C)C(=O)OC(C)(C)C. The largest absolute Gasteiger partial charge is 0.443 e. The monoisotopic (exact) mass is 329 g/mol. The third-order valence-electron chi connectivity index (χ3n) is 2.75. The van der Waals surface area contributed by atoms with Crippen LogP contribution in [0.25, 0.3) is 0 Å². The standard InChI is InChI=1S/C17H31NO5/c1-15(2,3)22-13(20)18(14(21)23-16(4,5)6)12-17(7,8)10-9-11-19/h11H,9-10,12H2,1-8H3.